The van der Waals surface area contributed by atoms with Crippen molar-refractivity contribution in [3.8, 4) is 5.75 Å². The second-order valence-corrected chi connectivity index (χ2v) is 5.57. The predicted molar refractivity (Wildman–Crippen MR) is 81.3 cm³/mol. The third-order valence-electron chi connectivity index (χ3n) is 3.34. The standard InChI is InChI=1S/C15H17N3OS/c1-11(16-2)12-3-5-14(6-4-12)19-10-13-9-18-7-8-20-15(18)17-13/h3-9,11,16H,10H2,1-2H3. The van der Waals surface area contributed by atoms with Crippen LogP contribution in [0.3, 0.4) is 0 Å². The van der Waals surface area contributed by atoms with Crippen molar-refractivity contribution < 1.29 is 4.74 Å². The van der Waals surface area contributed by atoms with E-state index in [1.165, 1.54) is 5.56 Å². The number of ether oxygens (including phenoxy) is 1. The van der Waals surface area contributed by atoms with Gasteiger partial charge in [0.1, 0.15) is 12.4 Å². The molecule has 1 atom stereocenters. The van der Waals surface area contributed by atoms with Crippen LogP contribution in [0.5, 0.6) is 5.75 Å². The summed E-state index contributed by atoms with van der Waals surface area (Å²) < 4.78 is 7.78. The topological polar surface area (TPSA) is 38.6 Å². The number of nitrogens with one attached hydrogen (secondary N) is 1. The van der Waals surface area contributed by atoms with Crippen molar-refractivity contribution in [2.24, 2.45) is 0 Å². The smallest absolute Gasteiger partial charge is 0.193 e. The fraction of sp³-hybridized carbons (Fsp3) is 0.267. The number of nitrogens with zero attached hydrogens (tertiary/aromatic N) is 2. The summed E-state index contributed by atoms with van der Waals surface area (Å²) in [5.41, 5.74) is 2.20. The number of fused-ring (bicyclic) bond motifs is 1. The van der Waals surface area contributed by atoms with Crippen LogP contribution in [0.15, 0.2) is 42.0 Å². The predicted octanol–water partition coefficient (Wildman–Crippen LogP) is 3.26. The minimum atomic E-state index is 0.351. The number of hydrogen-bond donors (Lipinski definition) is 1. The average molecular weight is 287 g/mol. The number of imidazole rings is 1. The summed E-state index contributed by atoms with van der Waals surface area (Å²) in [7, 11) is 1.96. The van der Waals surface area contributed by atoms with Gasteiger partial charge in [-0.3, -0.25) is 4.40 Å². The molecule has 0 aliphatic carbocycles. The molecule has 0 spiro atoms. The van der Waals surface area contributed by atoms with Crippen LogP contribution in [-0.4, -0.2) is 16.4 Å². The van der Waals surface area contributed by atoms with Crippen LogP contribution < -0.4 is 10.1 Å². The van der Waals surface area contributed by atoms with E-state index in [0.29, 0.717) is 12.6 Å². The Kier molecular flexibility index (Phi) is 3.71. The number of benzene rings is 1. The molecule has 0 fully saturated rings. The van der Waals surface area contributed by atoms with Crippen molar-refractivity contribution >= 4 is 16.3 Å². The van der Waals surface area contributed by atoms with E-state index in [1.54, 1.807) is 11.3 Å². The highest BCUT2D eigenvalue weighted by atomic mass is 32.1. The lowest BCUT2D eigenvalue weighted by atomic mass is 10.1. The van der Waals surface area contributed by atoms with Gasteiger partial charge in [-0.15, -0.1) is 11.3 Å². The molecular weight excluding hydrogens is 270 g/mol. The minimum Gasteiger partial charge on any atom is -0.487 e. The lowest BCUT2D eigenvalue weighted by Gasteiger charge is -2.11. The Morgan fingerprint density at radius 1 is 1.35 bits per heavy atom. The van der Waals surface area contributed by atoms with Gasteiger partial charge in [0.15, 0.2) is 4.96 Å². The normalized spacial score (nSPS) is 12.7. The van der Waals surface area contributed by atoms with Gasteiger partial charge in [-0.25, -0.2) is 4.98 Å². The summed E-state index contributed by atoms with van der Waals surface area (Å²) >= 11 is 1.63. The molecule has 5 heteroatoms. The molecule has 2 aromatic heterocycles. The molecule has 104 valence electrons. The number of aromatic nitrogens is 2. The van der Waals surface area contributed by atoms with Crippen LogP contribution >= 0.6 is 11.3 Å². The average Bonchev–Trinajstić information content (AvgIpc) is 3.06. The van der Waals surface area contributed by atoms with Crippen LogP contribution in [0.1, 0.15) is 24.2 Å². The molecule has 1 unspecified atom stereocenters. The molecule has 0 saturated heterocycles. The van der Waals surface area contributed by atoms with E-state index in [9.17, 15) is 0 Å². The molecule has 3 aromatic rings. The zero-order valence-electron chi connectivity index (χ0n) is 11.5. The first-order chi connectivity index (χ1) is 9.76. The first kappa shape index (κ1) is 13.1. The molecule has 0 saturated carbocycles. The monoisotopic (exact) mass is 287 g/mol. The van der Waals surface area contributed by atoms with Crippen LogP contribution in [0.4, 0.5) is 0 Å². The van der Waals surface area contributed by atoms with E-state index < -0.39 is 0 Å². The summed E-state index contributed by atoms with van der Waals surface area (Å²) in [4.78, 5) is 5.49. The highest BCUT2D eigenvalue weighted by Gasteiger charge is 2.05. The Hall–Kier alpha value is -1.85. The molecule has 0 aliphatic heterocycles. The molecule has 2 heterocycles. The summed E-state index contributed by atoms with van der Waals surface area (Å²) in [5, 5.41) is 5.24. The van der Waals surface area contributed by atoms with E-state index in [1.807, 2.05) is 41.4 Å². The highest BCUT2D eigenvalue weighted by molar-refractivity contribution is 7.15. The minimum absolute atomic E-state index is 0.351. The summed E-state index contributed by atoms with van der Waals surface area (Å²) in [6.07, 6.45) is 4.01. The summed E-state index contributed by atoms with van der Waals surface area (Å²) in [5.74, 6) is 0.869. The highest BCUT2D eigenvalue weighted by Crippen LogP contribution is 2.19. The van der Waals surface area contributed by atoms with Crippen LogP contribution in [0, 0.1) is 0 Å². The Morgan fingerprint density at radius 2 is 2.15 bits per heavy atom. The zero-order valence-corrected chi connectivity index (χ0v) is 12.4. The van der Waals surface area contributed by atoms with E-state index >= 15 is 0 Å². The Bertz CT molecular complexity index is 658. The van der Waals surface area contributed by atoms with Gasteiger partial charge in [-0.05, 0) is 31.7 Å². The molecular formula is C15H17N3OS. The molecule has 20 heavy (non-hydrogen) atoms. The number of rotatable bonds is 5. The molecule has 0 radical (unpaired) electrons. The maximum absolute atomic E-state index is 5.77. The first-order valence-corrected chi connectivity index (χ1v) is 7.45. The lowest BCUT2D eigenvalue weighted by molar-refractivity contribution is 0.302. The second kappa shape index (κ2) is 5.64. The van der Waals surface area contributed by atoms with Crippen molar-refractivity contribution in [2.75, 3.05) is 7.05 Å². The van der Waals surface area contributed by atoms with E-state index in [4.69, 9.17) is 4.74 Å². The number of thiazole rings is 1. The van der Waals surface area contributed by atoms with Crippen molar-refractivity contribution in [3.63, 3.8) is 0 Å². The molecule has 0 bridgehead atoms. The van der Waals surface area contributed by atoms with Crippen LogP contribution in [0.25, 0.3) is 4.96 Å². The Labute approximate surface area is 122 Å². The largest absolute Gasteiger partial charge is 0.487 e. The van der Waals surface area contributed by atoms with Gasteiger partial charge in [-0.1, -0.05) is 12.1 Å². The Morgan fingerprint density at radius 3 is 2.85 bits per heavy atom. The van der Waals surface area contributed by atoms with Gasteiger partial charge in [0.05, 0.1) is 5.69 Å². The third kappa shape index (κ3) is 2.69. The van der Waals surface area contributed by atoms with Crippen molar-refractivity contribution in [2.45, 2.75) is 19.6 Å². The SMILES string of the molecule is CNC(C)c1ccc(OCc2cn3ccsc3n2)cc1. The quantitative estimate of drug-likeness (QED) is 0.783. The molecule has 1 N–H and O–H groups in total. The van der Waals surface area contributed by atoms with Crippen molar-refractivity contribution in [3.05, 3.63) is 53.3 Å². The molecule has 3 rings (SSSR count). The van der Waals surface area contributed by atoms with Crippen LogP contribution in [-0.2, 0) is 6.61 Å². The van der Waals surface area contributed by atoms with Gasteiger partial charge in [0, 0.05) is 23.8 Å². The summed E-state index contributed by atoms with van der Waals surface area (Å²) in [6, 6.07) is 8.53. The summed E-state index contributed by atoms with van der Waals surface area (Å²) in [6.45, 7) is 2.63. The maximum atomic E-state index is 5.77. The van der Waals surface area contributed by atoms with Gasteiger partial charge >= 0.3 is 0 Å². The molecule has 1 aromatic carbocycles. The Balaban J connectivity index is 1.64. The number of hydrogen-bond acceptors (Lipinski definition) is 4. The third-order valence-corrected chi connectivity index (χ3v) is 4.11. The molecule has 0 aliphatic rings. The van der Waals surface area contributed by atoms with Crippen molar-refractivity contribution in [1.82, 2.24) is 14.7 Å². The fourth-order valence-electron chi connectivity index (χ4n) is 2.02. The van der Waals surface area contributed by atoms with Gasteiger partial charge in [0.2, 0.25) is 0 Å². The van der Waals surface area contributed by atoms with Gasteiger partial charge in [0.25, 0.3) is 0 Å². The first-order valence-electron chi connectivity index (χ1n) is 6.57. The zero-order chi connectivity index (χ0) is 13.9. The van der Waals surface area contributed by atoms with E-state index in [0.717, 1.165) is 16.4 Å². The molecule has 4 nitrogen and oxygen atoms in total. The lowest BCUT2D eigenvalue weighted by Crippen LogP contribution is -2.11. The van der Waals surface area contributed by atoms with E-state index in [2.05, 4.69) is 29.4 Å². The fourth-order valence-corrected chi connectivity index (χ4v) is 2.74. The van der Waals surface area contributed by atoms with E-state index in [-0.39, 0.29) is 0 Å². The van der Waals surface area contributed by atoms with Crippen molar-refractivity contribution in [1.29, 1.82) is 0 Å². The van der Waals surface area contributed by atoms with Gasteiger partial charge in [-0.2, -0.15) is 0 Å². The van der Waals surface area contributed by atoms with Gasteiger partial charge < -0.3 is 10.1 Å². The second-order valence-electron chi connectivity index (χ2n) is 4.69. The maximum Gasteiger partial charge on any atom is 0.193 e. The van der Waals surface area contributed by atoms with Crippen LogP contribution in [0.2, 0.25) is 0 Å². The molecule has 0 amide bonds.